The molecule has 1 aliphatic rings. The van der Waals surface area contributed by atoms with Crippen LogP contribution in [0.3, 0.4) is 0 Å². The molecular weight excluding hydrogens is 306 g/mol. The molecule has 0 fully saturated rings. The minimum atomic E-state index is -5.52. The van der Waals surface area contributed by atoms with Crippen molar-refractivity contribution < 1.29 is 36.2 Å². The predicted molar refractivity (Wildman–Crippen MR) is 56.6 cm³/mol. The Morgan fingerprint density at radius 2 is 1.81 bits per heavy atom. The standard InChI is InChI=1S/C11H10F6N2O2/c12-10(13,14)7(11(15,16)17)8-18-5-2-1-4(9(20)21)3-6(5)19-8/h4,7H,1-3H2,(H,18,19)(H,20,21). The topological polar surface area (TPSA) is 66.0 Å². The van der Waals surface area contributed by atoms with Gasteiger partial charge in [0.2, 0.25) is 5.92 Å². The van der Waals surface area contributed by atoms with Crippen LogP contribution in [0.5, 0.6) is 0 Å². The van der Waals surface area contributed by atoms with Crippen molar-refractivity contribution in [3.8, 4) is 0 Å². The molecule has 0 saturated heterocycles. The van der Waals surface area contributed by atoms with Crippen LogP contribution < -0.4 is 0 Å². The summed E-state index contributed by atoms with van der Waals surface area (Å²) in [4.78, 5) is 16.2. The minimum Gasteiger partial charge on any atom is -0.481 e. The van der Waals surface area contributed by atoms with E-state index in [1.165, 1.54) is 0 Å². The fourth-order valence-electron chi connectivity index (χ4n) is 2.35. The van der Waals surface area contributed by atoms with Gasteiger partial charge in [0.05, 0.1) is 11.6 Å². The van der Waals surface area contributed by atoms with Crippen LogP contribution in [-0.4, -0.2) is 33.4 Å². The molecule has 21 heavy (non-hydrogen) atoms. The Morgan fingerprint density at radius 3 is 2.29 bits per heavy atom. The number of aryl methyl sites for hydroxylation is 1. The lowest BCUT2D eigenvalue weighted by atomic mass is 9.90. The third kappa shape index (κ3) is 3.13. The van der Waals surface area contributed by atoms with Gasteiger partial charge in [-0.3, -0.25) is 4.79 Å². The number of rotatable bonds is 2. The van der Waals surface area contributed by atoms with Crippen molar-refractivity contribution in [3.05, 3.63) is 17.2 Å². The number of aromatic amines is 1. The van der Waals surface area contributed by atoms with Crippen LogP contribution in [0.1, 0.15) is 29.6 Å². The van der Waals surface area contributed by atoms with E-state index in [9.17, 15) is 31.1 Å². The fraction of sp³-hybridized carbons (Fsp3) is 0.636. The van der Waals surface area contributed by atoms with Crippen LogP contribution in [0.15, 0.2) is 0 Å². The predicted octanol–water partition coefficient (Wildman–Crippen LogP) is 2.81. The van der Waals surface area contributed by atoms with Gasteiger partial charge in [-0.15, -0.1) is 0 Å². The highest BCUT2D eigenvalue weighted by Crippen LogP contribution is 2.45. The summed E-state index contributed by atoms with van der Waals surface area (Å²) in [5.74, 6) is -6.90. The summed E-state index contributed by atoms with van der Waals surface area (Å²) < 4.78 is 75.6. The highest BCUT2D eigenvalue weighted by atomic mass is 19.4. The average Bonchev–Trinajstić information content (AvgIpc) is 2.65. The first kappa shape index (κ1) is 15.6. The Balaban J connectivity index is 2.36. The lowest BCUT2D eigenvalue weighted by Gasteiger charge is -2.20. The number of carboxylic acid groups (broad SMARTS) is 1. The number of imidazole rings is 1. The number of nitrogens with zero attached hydrogens (tertiary/aromatic N) is 1. The second-order valence-electron chi connectivity index (χ2n) is 4.84. The van der Waals surface area contributed by atoms with E-state index in [0.29, 0.717) is 0 Å². The van der Waals surface area contributed by atoms with Gasteiger partial charge in [0.25, 0.3) is 0 Å². The summed E-state index contributed by atoms with van der Waals surface area (Å²) in [5, 5.41) is 8.84. The summed E-state index contributed by atoms with van der Waals surface area (Å²) in [6, 6.07) is 0. The second-order valence-corrected chi connectivity index (χ2v) is 4.84. The molecule has 0 amide bonds. The van der Waals surface area contributed by atoms with Gasteiger partial charge in [-0.1, -0.05) is 0 Å². The molecule has 1 atom stereocenters. The first-order valence-electron chi connectivity index (χ1n) is 5.94. The molecule has 0 saturated carbocycles. The molecule has 0 spiro atoms. The Kier molecular flexibility index (Phi) is 3.66. The maximum absolute atomic E-state index is 12.6. The summed E-state index contributed by atoms with van der Waals surface area (Å²) >= 11 is 0. The van der Waals surface area contributed by atoms with Crippen molar-refractivity contribution >= 4 is 5.97 Å². The van der Waals surface area contributed by atoms with Gasteiger partial charge in [0.15, 0.2) is 0 Å². The van der Waals surface area contributed by atoms with E-state index in [4.69, 9.17) is 5.11 Å². The molecule has 0 radical (unpaired) electrons. The molecule has 118 valence electrons. The van der Waals surface area contributed by atoms with Crippen molar-refractivity contribution in [1.82, 2.24) is 9.97 Å². The number of hydrogen-bond donors (Lipinski definition) is 2. The third-order valence-corrected chi connectivity index (χ3v) is 3.34. The van der Waals surface area contributed by atoms with E-state index in [1.807, 2.05) is 4.98 Å². The molecule has 10 heteroatoms. The van der Waals surface area contributed by atoms with Gasteiger partial charge in [-0.05, 0) is 12.8 Å². The molecule has 4 nitrogen and oxygen atoms in total. The summed E-state index contributed by atoms with van der Waals surface area (Å²) in [5.41, 5.74) is 0.100. The van der Waals surface area contributed by atoms with Gasteiger partial charge >= 0.3 is 18.3 Å². The van der Waals surface area contributed by atoms with E-state index < -0.39 is 36.0 Å². The van der Waals surface area contributed by atoms with Gasteiger partial charge in [-0.2, -0.15) is 26.3 Å². The number of halogens is 6. The van der Waals surface area contributed by atoms with E-state index >= 15 is 0 Å². The Morgan fingerprint density at radius 1 is 1.24 bits per heavy atom. The monoisotopic (exact) mass is 316 g/mol. The number of aliphatic carboxylic acids is 1. The van der Waals surface area contributed by atoms with Crippen LogP contribution in [0.4, 0.5) is 26.3 Å². The number of fused-ring (bicyclic) bond motifs is 1. The van der Waals surface area contributed by atoms with Crippen LogP contribution in [-0.2, 0) is 17.6 Å². The Hall–Kier alpha value is -1.74. The van der Waals surface area contributed by atoms with Crippen LogP contribution in [0.2, 0.25) is 0 Å². The molecule has 2 N–H and O–H groups in total. The number of hydrogen-bond acceptors (Lipinski definition) is 2. The summed E-state index contributed by atoms with van der Waals surface area (Å²) in [6.45, 7) is 0. The molecule has 1 aromatic rings. The summed E-state index contributed by atoms with van der Waals surface area (Å²) in [7, 11) is 0. The van der Waals surface area contributed by atoms with Gasteiger partial charge in [-0.25, -0.2) is 4.98 Å². The molecule has 2 rings (SSSR count). The molecule has 0 aliphatic heterocycles. The van der Waals surface area contributed by atoms with E-state index in [2.05, 4.69) is 4.98 Å². The molecule has 1 heterocycles. The number of alkyl halides is 6. The fourth-order valence-corrected chi connectivity index (χ4v) is 2.35. The molecule has 0 bridgehead atoms. The summed E-state index contributed by atoms with van der Waals surface area (Å²) in [6.07, 6.45) is -11.0. The van der Waals surface area contributed by atoms with Crippen molar-refractivity contribution in [2.24, 2.45) is 5.92 Å². The minimum absolute atomic E-state index is 0.0298. The first-order valence-corrected chi connectivity index (χ1v) is 5.94. The zero-order valence-electron chi connectivity index (χ0n) is 10.3. The Bertz CT molecular complexity index is 534. The van der Waals surface area contributed by atoms with Crippen LogP contribution >= 0.6 is 0 Å². The zero-order chi connectivity index (χ0) is 16.0. The van der Waals surface area contributed by atoms with E-state index in [0.717, 1.165) is 0 Å². The van der Waals surface area contributed by atoms with Crippen LogP contribution in [0.25, 0.3) is 0 Å². The largest absolute Gasteiger partial charge is 0.481 e. The van der Waals surface area contributed by atoms with Gasteiger partial charge < -0.3 is 10.1 Å². The second kappa shape index (κ2) is 4.92. The van der Waals surface area contributed by atoms with Gasteiger partial charge in [0, 0.05) is 12.1 Å². The molecule has 1 unspecified atom stereocenters. The van der Waals surface area contributed by atoms with Crippen molar-refractivity contribution in [2.45, 2.75) is 37.5 Å². The number of H-pyrrole nitrogens is 1. The molecule has 1 aliphatic carbocycles. The first-order chi connectivity index (χ1) is 9.50. The normalized spacial score (nSPS) is 19.7. The maximum atomic E-state index is 12.6. The molecule has 0 aromatic carbocycles. The number of carbonyl (C=O) groups is 1. The van der Waals surface area contributed by atoms with E-state index in [1.54, 1.807) is 0 Å². The van der Waals surface area contributed by atoms with E-state index in [-0.39, 0.29) is 30.7 Å². The Labute approximate surface area is 114 Å². The smallest absolute Gasteiger partial charge is 0.407 e. The average molecular weight is 316 g/mol. The SMILES string of the molecule is O=C(O)C1CCc2nc(C(C(F)(F)F)C(F)(F)F)[nH]c2C1. The lowest BCUT2D eigenvalue weighted by molar-refractivity contribution is -0.255. The quantitative estimate of drug-likeness (QED) is 0.825. The molecule has 1 aromatic heterocycles. The third-order valence-electron chi connectivity index (χ3n) is 3.34. The van der Waals surface area contributed by atoms with Crippen molar-refractivity contribution in [2.75, 3.05) is 0 Å². The maximum Gasteiger partial charge on any atom is 0.407 e. The molecular formula is C11H10F6N2O2. The number of carboxylic acids is 1. The van der Waals surface area contributed by atoms with Crippen molar-refractivity contribution in [3.63, 3.8) is 0 Å². The number of nitrogens with one attached hydrogen (secondary N) is 1. The van der Waals surface area contributed by atoms with Crippen molar-refractivity contribution in [1.29, 1.82) is 0 Å². The highest BCUT2D eigenvalue weighted by Gasteiger charge is 2.59. The lowest BCUT2D eigenvalue weighted by Crippen LogP contribution is -2.35. The number of aromatic nitrogens is 2. The zero-order valence-corrected chi connectivity index (χ0v) is 10.3. The highest BCUT2D eigenvalue weighted by molar-refractivity contribution is 5.70. The van der Waals surface area contributed by atoms with Crippen LogP contribution in [0, 0.1) is 5.92 Å². The van der Waals surface area contributed by atoms with Gasteiger partial charge in [0.1, 0.15) is 5.82 Å².